The number of thiazole rings is 1. The minimum absolute atomic E-state index is 0.211. The largest absolute Gasteiger partial charge is 0.493 e. The number of anilines is 2. The molecular formula is C20H20FN3O3S. The van der Waals surface area contributed by atoms with E-state index in [0.717, 1.165) is 5.56 Å². The second-order valence-electron chi connectivity index (χ2n) is 5.94. The number of carbonyl (C=O) groups excluding carboxylic acids is 1. The van der Waals surface area contributed by atoms with Crippen molar-refractivity contribution >= 4 is 28.1 Å². The number of halogens is 1. The average molecular weight is 401 g/mol. The molecule has 6 nitrogen and oxygen atoms in total. The lowest BCUT2D eigenvalue weighted by molar-refractivity contribution is 0.0954. The molecule has 28 heavy (non-hydrogen) atoms. The van der Waals surface area contributed by atoms with Crippen molar-refractivity contribution in [2.75, 3.05) is 19.5 Å². The summed E-state index contributed by atoms with van der Waals surface area (Å²) in [4.78, 5) is 17.4. The van der Waals surface area contributed by atoms with Crippen molar-refractivity contribution in [3.8, 4) is 11.5 Å². The van der Waals surface area contributed by atoms with Crippen LogP contribution >= 0.6 is 11.3 Å². The Labute approximate surface area is 166 Å². The molecule has 0 radical (unpaired) electrons. The van der Waals surface area contributed by atoms with Gasteiger partial charge in [-0.1, -0.05) is 17.4 Å². The summed E-state index contributed by atoms with van der Waals surface area (Å²) in [6, 6.07) is 11.4. The minimum atomic E-state index is -0.309. The van der Waals surface area contributed by atoms with Crippen molar-refractivity contribution in [3.63, 3.8) is 0 Å². The number of methoxy groups -OCH3 is 2. The summed E-state index contributed by atoms with van der Waals surface area (Å²) in [6.07, 6.45) is 0. The third-order valence-corrected chi connectivity index (χ3v) is 5.07. The lowest BCUT2D eigenvalue weighted by Crippen LogP contribution is -2.22. The van der Waals surface area contributed by atoms with Crippen LogP contribution in [0.15, 0.2) is 42.5 Å². The van der Waals surface area contributed by atoms with Crippen LogP contribution in [0.3, 0.4) is 0 Å². The topological polar surface area (TPSA) is 72.5 Å². The summed E-state index contributed by atoms with van der Waals surface area (Å²) in [5.41, 5.74) is 2.21. The molecular weight excluding hydrogens is 381 g/mol. The number of hydrogen-bond donors (Lipinski definition) is 2. The molecule has 0 aliphatic carbocycles. The summed E-state index contributed by atoms with van der Waals surface area (Å²) in [5.74, 6) is 0.717. The number of aryl methyl sites for hydroxylation is 1. The van der Waals surface area contributed by atoms with Gasteiger partial charge in [-0.05, 0) is 48.9 Å². The van der Waals surface area contributed by atoms with Crippen molar-refractivity contribution in [1.82, 2.24) is 10.3 Å². The van der Waals surface area contributed by atoms with Gasteiger partial charge in [0.15, 0.2) is 16.6 Å². The highest BCUT2D eigenvalue weighted by atomic mass is 32.1. The van der Waals surface area contributed by atoms with Gasteiger partial charge >= 0.3 is 0 Å². The van der Waals surface area contributed by atoms with Crippen molar-refractivity contribution in [2.45, 2.75) is 13.5 Å². The highest BCUT2D eigenvalue weighted by Gasteiger charge is 2.16. The van der Waals surface area contributed by atoms with Gasteiger partial charge in [0.2, 0.25) is 0 Å². The second kappa shape index (κ2) is 8.71. The predicted molar refractivity (Wildman–Crippen MR) is 107 cm³/mol. The molecule has 0 unspecified atom stereocenters. The van der Waals surface area contributed by atoms with Crippen LogP contribution in [0.4, 0.5) is 15.2 Å². The van der Waals surface area contributed by atoms with E-state index in [1.165, 1.54) is 23.5 Å². The molecule has 2 N–H and O–H groups in total. The van der Waals surface area contributed by atoms with Gasteiger partial charge in [-0.25, -0.2) is 9.37 Å². The maximum absolute atomic E-state index is 13.0. The average Bonchev–Trinajstić information content (AvgIpc) is 3.07. The first-order chi connectivity index (χ1) is 13.5. The number of carbonyl (C=O) groups is 1. The Balaban J connectivity index is 1.66. The molecule has 0 saturated carbocycles. The number of amides is 1. The van der Waals surface area contributed by atoms with Gasteiger partial charge in [-0.15, -0.1) is 0 Å². The van der Waals surface area contributed by atoms with Crippen molar-refractivity contribution < 1.29 is 18.7 Å². The summed E-state index contributed by atoms with van der Waals surface area (Å²) in [7, 11) is 3.14. The maximum Gasteiger partial charge on any atom is 0.263 e. The van der Waals surface area contributed by atoms with Gasteiger partial charge in [0.1, 0.15) is 10.7 Å². The van der Waals surface area contributed by atoms with E-state index in [2.05, 4.69) is 15.6 Å². The summed E-state index contributed by atoms with van der Waals surface area (Å²) in [5, 5.41) is 6.54. The SMILES string of the molecule is COc1ccc(CNC(=O)c2sc(Nc3ccc(F)cc3)nc2C)cc1OC. The minimum Gasteiger partial charge on any atom is -0.493 e. The summed E-state index contributed by atoms with van der Waals surface area (Å²) < 4.78 is 23.5. The lowest BCUT2D eigenvalue weighted by Gasteiger charge is -2.10. The van der Waals surface area contributed by atoms with Crippen molar-refractivity contribution in [1.29, 1.82) is 0 Å². The highest BCUT2D eigenvalue weighted by Crippen LogP contribution is 2.28. The fourth-order valence-corrected chi connectivity index (χ4v) is 3.47. The van der Waals surface area contributed by atoms with Crippen molar-refractivity contribution in [2.24, 2.45) is 0 Å². The standard InChI is InChI=1S/C20H20FN3O3S/c1-12-18(28-20(23-12)24-15-7-5-14(21)6-8-15)19(25)22-11-13-4-9-16(26-2)17(10-13)27-3/h4-10H,11H2,1-3H3,(H,22,25)(H,23,24). The Morgan fingerprint density at radius 3 is 2.50 bits per heavy atom. The quantitative estimate of drug-likeness (QED) is 0.618. The van der Waals surface area contributed by atoms with Gasteiger partial charge in [-0.2, -0.15) is 0 Å². The van der Waals surface area contributed by atoms with Gasteiger partial charge in [0, 0.05) is 12.2 Å². The Kier molecular flexibility index (Phi) is 6.10. The molecule has 1 amide bonds. The molecule has 0 bridgehead atoms. The van der Waals surface area contributed by atoms with E-state index in [-0.39, 0.29) is 11.7 Å². The molecule has 2 aromatic carbocycles. The third-order valence-electron chi connectivity index (χ3n) is 4.00. The van der Waals surface area contributed by atoms with E-state index < -0.39 is 0 Å². The highest BCUT2D eigenvalue weighted by molar-refractivity contribution is 7.17. The number of nitrogens with zero attached hydrogens (tertiary/aromatic N) is 1. The van der Waals surface area contributed by atoms with Crippen molar-refractivity contribution in [3.05, 3.63) is 64.4 Å². The number of aromatic nitrogens is 1. The number of ether oxygens (including phenoxy) is 2. The first-order valence-electron chi connectivity index (χ1n) is 8.49. The number of nitrogens with one attached hydrogen (secondary N) is 2. The monoisotopic (exact) mass is 401 g/mol. The van der Waals surface area contributed by atoms with Crippen LogP contribution in [-0.4, -0.2) is 25.1 Å². The van der Waals surface area contributed by atoms with Crippen LogP contribution in [0.1, 0.15) is 20.9 Å². The second-order valence-corrected chi connectivity index (χ2v) is 6.94. The molecule has 3 aromatic rings. The zero-order valence-corrected chi connectivity index (χ0v) is 16.5. The summed E-state index contributed by atoms with van der Waals surface area (Å²) in [6.45, 7) is 2.12. The fraction of sp³-hybridized carbons (Fsp3) is 0.200. The smallest absolute Gasteiger partial charge is 0.263 e. The normalized spacial score (nSPS) is 10.4. The number of benzene rings is 2. The van der Waals surface area contributed by atoms with Crippen LogP contribution in [0.2, 0.25) is 0 Å². The first-order valence-corrected chi connectivity index (χ1v) is 9.31. The molecule has 0 atom stereocenters. The van der Waals surface area contributed by atoms with E-state index in [1.807, 2.05) is 12.1 Å². The predicted octanol–water partition coefficient (Wildman–Crippen LogP) is 4.28. The van der Waals surface area contributed by atoms with Crippen LogP contribution in [0.25, 0.3) is 0 Å². The molecule has 8 heteroatoms. The van der Waals surface area contributed by atoms with Gasteiger partial charge in [0.25, 0.3) is 5.91 Å². The van der Waals surface area contributed by atoms with Gasteiger partial charge in [-0.3, -0.25) is 4.79 Å². The van der Waals surface area contributed by atoms with E-state index >= 15 is 0 Å². The molecule has 0 spiro atoms. The Hall–Kier alpha value is -3.13. The van der Waals surface area contributed by atoms with Crippen LogP contribution in [0, 0.1) is 12.7 Å². The molecule has 1 heterocycles. The Bertz CT molecular complexity index is 973. The zero-order valence-electron chi connectivity index (χ0n) is 15.7. The van der Waals surface area contributed by atoms with E-state index in [1.54, 1.807) is 39.3 Å². The third kappa shape index (κ3) is 4.58. The molecule has 0 saturated heterocycles. The molecule has 0 aliphatic heterocycles. The van der Waals surface area contributed by atoms with E-state index in [4.69, 9.17) is 9.47 Å². The maximum atomic E-state index is 13.0. The summed E-state index contributed by atoms with van der Waals surface area (Å²) >= 11 is 1.24. The van der Waals surface area contributed by atoms with Crippen LogP contribution < -0.4 is 20.1 Å². The lowest BCUT2D eigenvalue weighted by atomic mass is 10.2. The first kappa shape index (κ1) is 19.6. The number of hydrogen-bond acceptors (Lipinski definition) is 6. The molecule has 0 fully saturated rings. The van der Waals surface area contributed by atoms with E-state index in [9.17, 15) is 9.18 Å². The molecule has 3 rings (SSSR count). The Morgan fingerprint density at radius 2 is 1.82 bits per heavy atom. The molecule has 146 valence electrons. The molecule has 0 aliphatic rings. The number of rotatable bonds is 7. The molecule has 1 aromatic heterocycles. The zero-order chi connectivity index (χ0) is 20.1. The van der Waals surface area contributed by atoms with E-state index in [0.29, 0.717) is 39.4 Å². The van der Waals surface area contributed by atoms with Gasteiger partial charge < -0.3 is 20.1 Å². The van der Waals surface area contributed by atoms with Gasteiger partial charge in [0.05, 0.1) is 19.9 Å². The van der Waals surface area contributed by atoms with Crippen LogP contribution in [0.5, 0.6) is 11.5 Å². The van der Waals surface area contributed by atoms with Crippen LogP contribution in [-0.2, 0) is 6.54 Å². The fourth-order valence-electron chi connectivity index (χ4n) is 2.57. The Morgan fingerprint density at radius 1 is 1.11 bits per heavy atom.